The molecule has 1 aromatic heterocycles. The molecule has 0 unspecified atom stereocenters. The summed E-state index contributed by atoms with van der Waals surface area (Å²) in [5.74, 6) is -0.482. The first-order chi connectivity index (χ1) is 9.47. The largest absolute Gasteiger partial charge is 0.298 e. The van der Waals surface area contributed by atoms with Crippen LogP contribution in [0.25, 0.3) is 0 Å². The Balaban J connectivity index is 2.13. The van der Waals surface area contributed by atoms with Gasteiger partial charge in [-0.15, -0.1) is 0 Å². The highest BCUT2D eigenvalue weighted by molar-refractivity contribution is 6.39. The summed E-state index contributed by atoms with van der Waals surface area (Å²) in [5.41, 5.74) is 5.76. The van der Waals surface area contributed by atoms with Gasteiger partial charge in [-0.05, 0) is 12.1 Å². The lowest BCUT2D eigenvalue weighted by Crippen LogP contribution is -2.29. The first-order valence-electron chi connectivity index (χ1n) is 5.31. The number of benzene rings is 1. The number of pyridine rings is 1. The van der Waals surface area contributed by atoms with E-state index < -0.39 is 5.91 Å². The normalized spacial score (nSPS) is 10.2. The topological polar surface area (TPSA) is 54.0 Å². The molecule has 0 saturated heterocycles. The van der Waals surface area contributed by atoms with Crippen molar-refractivity contribution in [2.75, 3.05) is 5.43 Å². The van der Waals surface area contributed by atoms with Crippen LogP contribution >= 0.6 is 46.4 Å². The highest BCUT2D eigenvalue weighted by atomic mass is 35.5. The average molecular weight is 351 g/mol. The molecule has 0 bridgehead atoms. The maximum absolute atomic E-state index is 12.0. The number of anilines is 1. The third kappa shape index (κ3) is 3.67. The van der Waals surface area contributed by atoms with Gasteiger partial charge in [0.25, 0.3) is 5.91 Å². The molecule has 0 spiro atoms. The van der Waals surface area contributed by atoms with E-state index in [1.807, 2.05) is 0 Å². The van der Waals surface area contributed by atoms with Crippen LogP contribution in [0.5, 0.6) is 0 Å². The molecule has 0 atom stereocenters. The molecule has 2 aromatic rings. The van der Waals surface area contributed by atoms with Gasteiger partial charge in [0.15, 0.2) is 0 Å². The molecule has 0 aliphatic rings. The van der Waals surface area contributed by atoms with Crippen molar-refractivity contribution in [3.8, 4) is 0 Å². The van der Waals surface area contributed by atoms with Crippen molar-refractivity contribution in [3.63, 3.8) is 0 Å². The van der Waals surface area contributed by atoms with Gasteiger partial charge >= 0.3 is 0 Å². The van der Waals surface area contributed by atoms with Gasteiger partial charge in [-0.2, -0.15) is 0 Å². The monoisotopic (exact) mass is 349 g/mol. The Hall–Kier alpha value is -1.20. The maximum Gasteiger partial charge on any atom is 0.272 e. The molecule has 4 nitrogen and oxygen atoms in total. The van der Waals surface area contributed by atoms with E-state index in [2.05, 4.69) is 15.8 Å². The third-order valence-electron chi connectivity index (χ3n) is 2.27. The minimum Gasteiger partial charge on any atom is -0.298 e. The van der Waals surface area contributed by atoms with E-state index in [-0.39, 0.29) is 25.9 Å². The summed E-state index contributed by atoms with van der Waals surface area (Å²) in [5, 5.41) is 0.903. The van der Waals surface area contributed by atoms with Crippen molar-refractivity contribution >= 4 is 58.0 Å². The summed E-state index contributed by atoms with van der Waals surface area (Å²) in [4.78, 5) is 15.8. The van der Waals surface area contributed by atoms with Crippen LogP contribution in [0, 0.1) is 0 Å². The summed E-state index contributed by atoms with van der Waals surface area (Å²) in [7, 11) is 0. The summed E-state index contributed by atoms with van der Waals surface area (Å²) in [6.07, 6.45) is 0. The van der Waals surface area contributed by atoms with Gasteiger partial charge in [-0.3, -0.25) is 15.6 Å². The zero-order valence-corrected chi connectivity index (χ0v) is 12.8. The smallest absolute Gasteiger partial charge is 0.272 e. The minimum atomic E-state index is -0.482. The van der Waals surface area contributed by atoms with Crippen molar-refractivity contribution in [1.29, 1.82) is 0 Å². The van der Waals surface area contributed by atoms with Crippen LogP contribution in [0.4, 0.5) is 5.69 Å². The van der Waals surface area contributed by atoms with Gasteiger partial charge in [0.1, 0.15) is 10.3 Å². The molecular weight excluding hydrogens is 344 g/mol. The molecule has 0 saturated carbocycles. The van der Waals surface area contributed by atoms with Crippen LogP contribution in [0.1, 0.15) is 10.4 Å². The fourth-order valence-electron chi connectivity index (χ4n) is 1.44. The SMILES string of the molecule is O=C(NNc1cc(Cl)nc(Cl)c1)c1c(Cl)cccc1Cl. The van der Waals surface area contributed by atoms with Gasteiger partial charge < -0.3 is 0 Å². The van der Waals surface area contributed by atoms with Crippen LogP contribution < -0.4 is 10.9 Å². The van der Waals surface area contributed by atoms with Crippen molar-refractivity contribution < 1.29 is 4.79 Å². The standard InChI is InChI=1S/C12H7Cl4N3O/c13-7-2-1-3-8(14)11(7)12(20)19-18-6-4-9(15)17-10(16)5-6/h1-5H,(H,17,18)(H,19,20). The first kappa shape index (κ1) is 15.2. The number of amides is 1. The highest BCUT2D eigenvalue weighted by Crippen LogP contribution is 2.24. The van der Waals surface area contributed by atoms with E-state index in [1.54, 1.807) is 18.2 Å². The van der Waals surface area contributed by atoms with Crippen LogP contribution in [0.15, 0.2) is 30.3 Å². The number of hydrogen-bond donors (Lipinski definition) is 2. The molecule has 1 amide bonds. The Kier molecular flexibility index (Phi) is 4.94. The molecule has 0 aliphatic heterocycles. The number of halogens is 4. The Bertz CT molecular complexity index is 623. The summed E-state index contributed by atoms with van der Waals surface area (Å²) in [6, 6.07) is 7.80. The van der Waals surface area contributed by atoms with Gasteiger partial charge in [0.2, 0.25) is 0 Å². The van der Waals surface area contributed by atoms with Gasteiger partial charge in [-0.1, -0.05) is 52.5 Å². The lowest BCUT2D eigenvalue weighted by Gasteiger charge is -2.11. The number of carbonyl (C=O) groups is 1. The number of aromatic nitrogens is 1. The van der Waals surface area contributed by atoms with E-state index >= 15 is 0 Å². The molecule has 0 aliphatic carbocycles. The second kappa shape index (κ2) is 6.50. The summed E-state index contributed by atoms with van der Waals surface area (Å²) >= 11 is 23.3. The number of nitrogens with zero attached hydrogens (tertiary/aromatic N) is 1. The summed E-state index contributed by atoms with van der Waals surface area (Å²) < 4.78 is 0. The van der Waals surface area contributed by atoms with E-state index in [1.165, 1.54) is 12.1 Å². The molecule has 1 heterocycles. The number of rotatable bonds is 3. The molecular formula is C12H7Cl4N3O. The van der Waals surface area contributed by atoms with Gasteiger partial charge in [-0.25, -0.2) is 4.98 Å². The molecule has 2 rings (SSSR count). The van der Waals surface area contributed by atoms with Crippen molar-refractivity contribution in [1.82, 2.24) is 10.4 Å². The zero-order valence-electron chi connectivity index (χ0n) is 9.75. The molecule has 104 valence electrons. The first-order valence-corrected chi connectivity index (χ1v) is 6.82. The zero-order chi connectivity index (χ0) is 14.7. The van der Waals surface area contributed by atoms with Crippen LogP contribution in [0.3, 0.4) is 0 Å². The van der Waals surface area contributed by atoms with E-state index in [9.17, 15) is 4.79 Å². The Morgan fingerprint density at radius 3 is 2.10 bits per heavy atom. The fraction of sp³-hybridized carbons (Fsp3) is 0. The minimum absolute atomic E-state index is 0.176. The number of hydrogen-bond acceptors (Lipinski definition) is 3. The Morgan fingerprint density at radius 2 is 1.55 bits per heavy atom. The molecule has 20 heavy (non-hydrogen) atoms. The number of carbonyl (C=O) groups excluding carboxylic acids is 1. The quantitative estimate of drug-likeness (QED) is 0.635. The molecule has 8 heteroatoms. The Morgan fingerprint density at radius 1 is 1.00 bits per heavy atom. The molecule has 0 radical (unpaired) electrons. The lowest BCUT2D eigenvalue weighted by atomic mass is 10.2. The molecule has 0 fully saturated rings. The fourth-order valence-corrected chi connectivity index (χ4v) is 2.47. The average Bonchev–Trinajstić information content (AvgIpc) is 2.35. The van der Waals surface area contributed by atoms with E-state index in [4.69, 9.17) is 46.4 Å². The molecule has 1 aromatic carbocycles. The second-order valence-electron chi connectivity index (χ2n) is 3.68. The second-order valence-corrected chi connectivity index (χ2v) is 5.27. The maximum atomic E-state index is 12.0. The van der Waals surface area contributed by atoms with Gasteiger partial charge in [0, 0.05) is 12.1 Å². The van der Waals surface area contributed by atoms with Gasteiger partial charge in [0.05, 0.1) is 21.3 Å². The van der Waals surface area contributed by atoms with Crippen LogP contribution in [-0.2, 0) is 0 Å². The number of hydrazine groups is 1. The van der Waals surface area contributed by atoms with Crippen LogP contribution in [-0.4, -0.2) is 10.9 Å². The highest BCUT2D eigenvalue weighted by Gasteiger charge is 2.14. The predicted molar refractivity (Wildman–Crippen MR) is 81.8 cm³/mol. The van der Waals surface area contributed by atoms with E-state index in [0.29, 0.717) is 5.69 Å². The molecule has 2 N–H and O–H groups in total. The predicted octanol–water partition coefficient (Wildman–Crippen LogP) is 4.45. The number of nitrogens with one attached hydrogen (secondary N) is 2. The van der Waals surface area contributed by atoms with Crippen molar-refractivity contribution in [2.24, 2.45) is 0 Å². The summed E-state index contributed by atoms with van der Waals surface area (Å²) in [6.45, 7) is 0. The van der Waals surface area contributed by atoms with Crippen molar-refractivity contribution in [2.45, 2.75) is 0 Å². The Labute approximate surface area is 135 Å². The van der Waals surface area contributed by atoms with E-state index in [0.717, 1.165) is 0 Å². The van der Waals surface area contributed by atoms with Crippen molar-refractivity contribution in [3.05, 3.63) is 56.2 Å². The lowest BCUT2D eigenvalue weighted by molar-refractivity contribution is 0.0963. The third-order valence-corrected chi connectivity index (χ3v) is 3.29. The van der Waals surface area contributed by atoms with Crippen LogP contribution in [0.2, 0.25) is 20.4 Å².